The van der Waals surface area contributed by atoms with E-state index in [1.165, 1.54) is 30.3 Å². The average molecular weight is 384 g/mol. The molecule has 0 unspecified atom stereocenters. The summed E-state index contributed by atoms with van der Waals surface area (Å²) in [7, 11) is -3.46. The smallest absolute Gasteiger partial charge is 0.265 e. The van der Waals surface area contributed by atoms with Gasteiger partial charge in [-0.3, -0.25) is 4.79 Å². The molecule has 0 aliphatic rings. The number of thiophene rings is 1. The van der Waals surface area contributed by atoms with Gasteiger partial charge in [-0.1, -0.05) is 17.7 Å². The van der Waals surface area contributed by atoms with Gasteiger partial charge in [-0.15, -0.1) is 11.3 Å². The molecule has 124 valence electrons. The summed E-state index contributed by atoms with van der Waals surface area (Å²) >= 11 is 7.06. The van der Waals surface area contributed by atoms with Gasteiger partial charge in [-0.05, 0) is 36.4 Å². The summed E-state index contributed by atoms with van der Waals surface area (Å²) < 4.78 is 37.6. The summed E-state index contributed by atoms with van der Waals surface area (Å²) in [6, 6.07) is 10.2. The summed E-state index contributed by atoms with van der Waals surface area (Å²) in [5, 5.41) is 3.15. The van der Waals surface area contributed by atoms with E-state index in [0.29, 0.717) is 15.0 Å². The zero-order valence-electron chi connectivity index (χ0n) is 12.3. The number of fused-ring (bicyclic) bond motifs is 1. The minimum atomic E-state index is -3.46. The van der Waals surface area contributed by atoms with Crippen molar-refractivity contribution in [1.82, 2.24) is 0 Å². The predicted octanol–water partition coefficient (Wildman–Crippen LogP) is 4.35. The summed E-state index contributed by atoms with van der Waals surface area (Å²) in [6.45, 7) is 0. The molecule has 3 rings (SSSR count). The van der Waals surface area contributed by atoms with Crippen LogP contribution >= 0.6 is 22.9 Å². The van der Waals surface area contributed by atoms with Crippen molar-refractivity contribution in [3.63, 3.8) is 0 Å². The molecule has 0 aliphatic heterocycles. The van der Waals surface area contributed by atoms with E-state index in [1.807, 2.05) is 0 Å². The van der Waals surface area contributed by atoms with E-state index in [9.17, 15) is 17.6 Å². The van der Waals surface area contributed by atoms with Crippen LogP contribution in [0, 0.1) is 5.82 Å². The van der Waals surface area contributed by atoms with E-state index in [4.69, 9.17) is 11.6 Å². The molecule has 0 radical (unpaired) electrons. The standard InChI is InChI=1S/C16H11ClFNO3S2/c1-24(21,22)11-6-9(17)5-10(7-11)19-16(20)15-8-12-13(18)3-2-4-14(12)23-15/h2-8H,1H3,(H,19,20). The van der Waals surface area contributed by atoms with Gasteiger partial charge >= 0.3 is 0 Å². The maximum atomic E-state index is 13.7. The van der Waals surface area contributed by atoms with E-state index in [0.717, 1.165) is 17.6 Å². The zero-order chi connectivity index (χ0) is 17.5. The second kappa shape index (κ2) is 6.16. The Labute approximate surface area is 146 Å². The molecular weight excluding hydrogens is 373 g/mol. The van der Waals surface area contributed by atoms with Crippen LogP contribution in [0.2, 0.25) is 5.02 Å². The van der Waals surface area contributed by atoms with Crippen LogP contribution in [-0.2, 0) is 9.84 Å². The van der Waals surface area contributed by atoms with Crippen LogP contribution < -0.4 is 5.32 Å². The topological polar surface area (TPSA) is 63.2 Å². The number of carbonyl (C=O) groups excluding carboxylic acids is 1. The second-order valence-electron chi connectivity index (χ2n) is 5.16. The van der Waals surface area contributed by atoms with Gasteiger partial charge < -0.3 is 5.32 Å². The number of hydrogen-bond donors (Lipinski definition) is 1. The molecule has 1 heterocycles. The number of carbonyl (C=O) groups is 1. The van der Waals surface area contributed by atoms with Crippen LogP contribution in [0.5, 0.6) is 0 Å². The zero-order valence-corrected chi connectivity index (χ0v) is 14.7. The minimum Gasteiger partial charge on any atom is -0.321 e. The number of rotatable bonds is 3. The molecule has 0 saturated carbocycles. The van der Waals surface area contributed by atoms with Gasteiger partial charge in [0.2, 0.25) is 0 Å². The van der Waals surface area contributed by atoms with Crippen molar-refractivity contribution < 1.29 is 17.6 Å². The molecule has 1 aromatic heterocycles. The van der Waals surface area contributed by atoms with Gasteiger partial charge in [-0.25, -0.2) is 12.8 Å². The molecule has 1 amide bonds. The molecule has 0 fully saturated rings. The van der Waals surface area contributed by atoms with Crippen LogP contribution in [0.4, 0.5) is 10.1 Å². The first-order chi connectivity index (χ1) is 11.2. The average Bonchev–Trinajstić information content (AvgIpc) is 2.91. The summed E-state index contributed by atoms with van der Waals surface area (Å²) in [6.07, 6.45) is 1.05. The highest BCUT2D eigenvalue weighted by Crippen LogP contribution is 2.29. The monoisotopic (exact) mass is 383 g/mol. The highest BCUT2D eigenvalue weighted by Gasteiger charge is 2.15. The molecule has 2 aromatic carbocycles. The number of halogens is 2. The van der Waals surface area contributed by atoms with E-state index < -0.39 is 21.6 Å². The molecule has 0 atom stereocenters. The quantitative estimate of drug-likeness (QED) is 0.731. The lowest BCUT2D eigenvalue weighted by Crippen LogP contribution is -2.10. The van der Waals surface area contributed by atoms with Crippen LogP contribution in [0.1, 0.15) is 9.67 Å². The normalized spacial score (nSPS) is 11.6. The first-order valence-corrected chi connectivity index (χ1v) is 9.83. The number of amides is 1. The third kappa shape index (κ3) is 3.43. The molecule has 0 bridgehead atoms. The fourth-order valence-electron chi connectivity index (χ4n) is 2.18. The molecule has 0 aliphatic carbocycles. The minimum absolute atomic E-state index is 0.00712. The Balaban J connectivity index is 1.94. The Hall–Kier alpha value is -1.96. The van der Waals surface area contributed by atoms with Crippen molar-refractivity contribution in [1.29, 1.82) is 0 Å². The van der Waals surface area contributed by atoms with Gasteiger partial charge in [0, 0.05) is 27.1 Å². The lowest BCUT2D eigenvalue weighted by molar-refractivity contribution is 0.103. The van der Waals surface area contributed by atoms with Gasteiger partial charge in [0.25, 0.3) is 5.91 Å². The van der Waals surface area contributed by atoms with Crippen molar-refractivity contribution in [2.24, 2.45) is 0 Å². The molecule has 3 aromatic rings. The first-order valence-electron chi connectivity index (χ1n) is 6.74. The fraction of sp³-hybridized carbons (Fsp3) is 0.0625. The third-order valence-electron chi connectivity index (χ3n) is 3.29. The van der Waals surface area contributed by atoms with E-state index in [2.05, 4.69) is 5.32 Å². The van der Waals surface area contributed by atoms with Crippen LogP contribution in [0.3, 0.4) is 0 Å². The summed E-state index contributed by atoms with van der Waals surface area (Å²) in [5.41, 5.74) is 0.255. The third-order valence-corrected chi connectivity index (χ3v) is 5.70. The van der Waals surface area contributed by atoms with Gasteiger partial charge in [0.1, 0.15) is 5.82 Å². The number of anilines is 1. The molecule has 0 saturated heterocycles. The second-order valence-corrected chi connectivity index (χ2v) is 8.70. The Kier molecular flexibility index (Phi) is 4.33. The Morgan fingerprint density at radius 1 is 1.21 bits per heavy atom. The van der Waals surface area contributed by atoms with Crippen LogP contribution in [0.25, 0.3) is 10.1 Å². The van der Waals surface area contributed by atoms with Gasteiger partial charge in [-0.2, -0.15) is 0 Å². The number of benzene rings is 2. The van der Waals surface area contributed by atoms with Gasteiger partial charge in [0.15, 0.2) is 9.84 Å². The highest BCUT2D eigenvalue weighted by atomic mass is 35.5. The largest absolute Gasteiger partial charge is 0.321 e. The molecule has 24 heavy (non-hydrogen) atoms. The predicted molar refractivity (Wildman–Crippen MR) is 94.3 cm³/mol. The summed E-state index contributed by atoms with van der Waals surface area (Å²) in [4.78, 5) is 12.7. The van der Waals surface area contributed by atoms with E-state index in [-0.39, 0.29) is 15.6 Å². The molecule has 1 N–H and O–H groups in total. The number of hydrogen-bond acceptors (Lipinski definition) is 4. The van der Waals surface area contributed by atoms with Crippen molar-refractivity contribution in [3.8, 4) is 0 Å². The van der Waals surface area contributed by atoms with Crippen molar-refractivity contribution >= 4 is 54.5 Å². The molecule has 0 spiro atoms. The van der Waals surface area contributed by atoms with Crippen LogP contribution in [0.15, 0.2) is 47.4 Å². The van der Waals surface area contributed by atoms with E-state index in [1.54, 1.807) is 12.1 Å². The molecular formula is C16H11ClFNO3S2. The van der Waals surface area contributed by atoms with Crippen molar-refractivity contribution in [3.05, 3.63) is 58.2 Å². The number of sulfone groups is 1. The Morgan fingerprint density at radius 2 is 1.96 bits per heavy atom. The van der Waals surface area contributed by atoms with Gasteiger partial charge in [0.05, 0.1) is 9.77 Å². The molecule has 4 nitrogen and oxygen atoms in total. The lowest BCUT2D eigenvalue weighted by Gasteiger charge is -2.07. The van der Waals surface area contributed by atoms with E-state index >= 15 is 0 Å². The van der Waals surface area contributed by atoms with Crippen molar-refractivity contribution in [2.45, 2.75) is 4.90 Å². The fourth-order valence-corrected chi connectivity index (χ4v) is 4.13. The van der Waals surface area contributed by atoms with Crippen molar-refractivity contribution in [2.75, 3.05) is 11.6 Å². The number of nitrogens with one attached hydrogen (secondary N) is 1. The maximum absolute atomic E-state index is 13.7. The Bertz CT molecular complexity index is 1060. The first kappa shape index (κ1) is 16.9. The maximum Gasteiger partial charge on any atom is 0.265 e. The Morgan fingerprint density at radius 3 is 2.62 bits per heavy atom. The summed E-state index contributed by atoms with van der Waals surface area (Å²) in [5.74, 6) is -0.859. The lowest BCUT2D eigenvalue weighted by atomic mass is 10.2. The van der Waals surface area contributed by atoms with Crippen LogP contribution in [-0.4, -0.2) is 20.6 Å². The molecule has 8 heteroatoms. The SMILES string of the molecule is CS(=O)(=O)c1cc(Cl)cc(NC(=O)c2cc3c(F)cccc3s2)c1. The highest BCUT2D eigenvalue weighted by molar-refractivity contribution is 7.90.